The molecule has 0 saturated carbocycles. The highest BCUT2D eigenvalue weighted by molar-refractivity contribution is 5.94. The zero-order chi connectivity index (χ0) is 21.0. The standard InChI is InChI=1S/C24H28N6O/c31-23(20-6-8-21(9-7-20)27-12-4-5-13-27)29-18-16-28(17-19-29)22-10-11-25-24(26-22)30-14-2-1-3-15-30/h4-13H,1-3,14-19H2. The maximum Gasteiger partial charge on any atom is 0.253 e. The summed E-state index contributed by atoms with van der Waals surface area (Å²) in [5, 5.41) is 0. The number of anilines is 2. The molecule has 3 aromatic rings. The molecule has 0 aliphatic carbocycles. The maximum absolute atomic E-state index is 13.0. The predicted octanol–water partition coefficient (Wildman–Crippen LogP) is 3.22. The van der Waals surface area contributed by atoms with Crippen LogP contribution in [-0.4, -0.2) is 64.6 Å². The van der Waals surface area contributed by atoms with Crippen molar-refractivity contribution in [2.75, 3.05) is 49.1 Å². The van der Waals surface area contributed by atoms with Crippen LogP contribution in [0.15, 0.2) is 61.1 Å². The second-order valence-electron chi connectivity index (χ2n) is 8.18. The lowest BCUT2D eigenvalue weighted by Gasteiger charge is -2.36. The van der Waals surface area contributed by atoms with Crippen molar-refractivity contribution in [1.82, 2.24) is 19.4 Å². The molecule has 0 radical (unpaired) electrons. The van der Waals surface area contributed by atoms with Crippen molar-refractivity contribution < 1.29 is 4.79 Å². The Bertz CT molecular complexity index is 1000. The van der Waals surface area contributed by atoms with E-state index in [2.05, 4.69) is 14.8 Å². The smallest absolute Gasteiger partial charge is 0.253 e. The molecule has 2 aliphatic heterocycles. The highest BCUT2D eigenvalue weighted by Gasteiger charge is 2.24. The van der Waals surface area contributed by atoms with Crippen LogP contribution < -0.4 is 9.80 Å². The third-order valence-electron chi connectivity index (χ3n) is 6.17. The molecule has 0 bridgehead atoms. The number of carbonyl (C=O) groups excluding carboxylic acids is 1. The Hall–Kier alpha value is -3.35. The van der Waals surface area contributed by atoms with Gasteiger partial charge in [-0.2, -0.15) is 4.98 Å². The molecule has 2 saturated heterocycles. The van der Waals surface area contributed by atoms with Gasteiger partial charge in [0, 0.05) is 69.1 Å². The summed E-state index contributed by atoms with van der Waals surface area (Å²) in [6, 6.07) is 13.8. The van der Waals surface area contributed by atoms with Gasteiger partial charge >= 0.3 is 0 Å². The Balaban J connectivity index is 1.21. The zero-order valence-corrected chi connectivity index (χ0v) is 17.7. The maximum atomic E-state index is 13.0. The van der Waals surface area contributed by atoms with Gasteiger partial charge in [-0.25, -0.2) is 4.98 Å². The second-order valence-corrected chi connectivity index (χ2v) is 8.18. The molecule has 160 valence electrons. The number of piperazine rings is 1. The average molecular weight is 417 g/mol. The van der Waals surface area contributed by atoms with Gasteiger partial charge in [0.25, 0.3) is 5.91 Å². The number of benzene rings is 1. The molecule has 1 aromatic carbocycles. The molecule has 4 heterocycles. The molecule has 2 aromatic heterocycles. The van der Waals surface area contributed by atoms with E-state index in [0.29, 0.717) is 13.1 Å². The molecule has 0 spiro atoms. The van der Waals surface area contributed by atoms with E-state index >= 15 is 0 Å². The lowest BCUT2D eigenvalue weighted by molar-refractivity contribution is 0.0746. The Morgan fingerprint density at radius 2 is 1.48 bits per heavy atom. The monoisotopic (exact) mass is 416 g/mol. The number of rotatable bonds is 4. The number of nitrogens with zero attached hydrogens (tertiary/aromatic N) is 6. The van der Waals surface area contributed by atoms with E-state index in [9.17, 15) is 4.79 Å². The summed E-state index contributed by atoms with van der Waals surface area (Å²) in [5.74, 6) is 1.88. The van der Waals surface area contributed by atoms with E-state index in [4.69, 9.17) is 4.98 Å². The summed E-state index contributed by atoms with van der Waals surface area (Å²) >= 11 is 0. The van der Waals surface area contributed by atoms with Gasteiger partial charge in [0.2, 0.25) is 5.95 Å². The molecule has 2 fully saturated rings. The van der Waals surface area contributed by atoms with Crippen molar-refractivity contribution in [2.24, 2.45) is 0 Å². The van der Waals surface area contributed by atoms with Crippen molar-refractivity contribution in [2.45, 2.75) is 19.3 Å². The Labute approximate surface area is 182 Å². The molecule has 0 N–H and O–H groups in total. The largest absolute Gasteiger partial charge is 0.353 e. The number of carbonyl (C=O) groups is 1. The first kappa shape index (κ1) is 19.6. The van der Waals surface area contributed by atoms with Crippen LogP contribution in [0.4, 0.5) is 11.8 Å². The van der Waals surface area contributed by atoms with Crippen molar-refractivity contribution >= 4 is 17.7 Å². The lowest BCUT2D eigenvalue weighted by Crippen LogP contribution is -2.49. The van der Waals surface area contributed by atoms with Crippen LogP contribution in [0.3, 0.4) is 0 Å². The molecule has 7 heteroatoms. The van der Waals surface area contributed by atoms with Crippen molar-refractivity contribution in [3.8, 4) is 5.69 Å². The van der Waals surface area contributed by atoms with E-state index in [1.807, 2.05) is 70.5 Å². The zero-order valence-electron chi connectivity index (χ0n) is 17.7. The van der Waals surface area contributed by atoms with Crippen molar-refractivity contribution in [3.63, 3.8) is 0 Å². The predicted molar refractivity (Wildman–Crippen MR) is 122 cm³/mol. The Morgan fingerprint density at radius 1 is 0.774 bits per heavy atom. The summed E-state index contributed by atoms with van der Waals surface area (Å²) in [5.41, 5.74) is 1.79. The third-order valence-corrected chi connectivity index (χ3v) is 6.17. The van der Waals surface area contributed by atoms with Gasteiger partial charge in [0.1, 0.15) is 5.82 Å². The highest BCUT2D eigenvalue weighted by Crippen LogP contribution is 2.20. The van der Waals surface area contributed by atoms with Gasteiger partial charge in [-0.1, -0.05) is 0 Å². The highest BCUT2D eigenvalue weighted by atomic mass is 16.2. The number of aromatic nitrogens is 3. The molecule has 7 nitrogen and oxygen atoms in total. The van der Waals surface area contributed by atoms with E-state index in [1.54, 1.807) is 0 Å². The first-order valence-corrected chi connectivity index (χ1v) is 11.1. The fraction of sp³-hybridized carbons (Fsp3) is 0.375. The molecule has 2 aliphatic rings. The van der Waals surface area contributed by atoms with Gasteiger partial charge in [0.15, 0.2) is 0 Å². The van der Waals surface area contributed by atoms with Crippen LogP contribution in [0.2, 0.25) is 0 Å². The van der Waals surface area contributed by atoms with Gasteiger partial charge in [-0.15, -0.1) is 0 Å². The fourth-order valence-corrected chi connectivity index (χ4v) is 4.37. The van der Waals surface area contributed by atoms with Gasteiger partial charge in [-0.3, -0.25) is 4.79 Å². The van der Waals surface area contributed by atoms with Crippen LogP contribution >= 0.6 is 0 Å². The van der Waals surface area contributed by atoms with Crippen LogP contribution in [-0.2, 0) is 0 Å². The average Bonchev–Trinajstić information content (AvgIpc) is 3.40. The van der Waals surface area contributed by atoms with Crippen LogP contribution in [0, 0.1) is 0 Å². The SMILES string of the molecule is O=C(c1ccc(-n2cccc2)cc1)N1CCN(c2ccnc(N3CCCCC3)n2)CC1. The van der Waals surface area contributed by atoms with Crippen LogP contribution in [0.5, 0.6) is 0 Å². The minimum Gasteiger partial charge on any atom is -0.353 e. The van der Waals surface area contributed by atoms with E-state index in [0.717, 1.165) is 49.2 Å². The molecule has 1 amide bonds. The molecular formula is C24H28N6O. The summed E-state index contributed by atoms with van der Waals surface area (Å²) < 4.78 is 2.03. The van der Waals surface area contributed by atoms with Crippen LogP contribution in [0.25, 0.3) is 5.69 Å². The van der Waals surface area contributed by atoms with Gasteiger partial charge in [-0.05, 0) is 61.7 Å². The van der Waals surface area contributed by atoms with Crippen molar-refractivity contribution in [1.29, 1.82) is 0 Å². The van der Waals surface area contributed by atoms with Gasteiger partial charge < -0.3 is 19.3 Å². The normalized spacial score (nSPS) is 17.1. The Kier molecular flexibility index (Phi) is 5.56. The summed E-state index contributed by atoms with van der Waals surface area (Å²) in [7, 11) is 0. The van der Waals surface area contributed by atoms with Crippen LogP contribution in [0.1, 0.15) is 29.6 Å². The minimum atomic E-state index is 0.0930. The quantitative estimate of drug-likeness (QED) is 0.654. The molecular weight excluding hydrogens is 388 g/mol. The third kappa shape index (κ3) is 4.26. The number of amides is 1. The van der Waals surface area contributed by atoms with Crippen molar-refractivity contribution in [3.05, 3.63) is 66.6 Å². The molecule has 5 rings (SSSR count). The number of hydrogen-bond acceptors (Lipinski definition) is 5. The fourth-order valence-electron chi connectivity index (χ4n) is 4.37. The van der Waals surface area contributed by atoms with E-state index in [-0.39, 0.29) is 5.91 Å². The molecule has 0 unspecified atom stereocenters. The van der Waals surface area contributed by atoms with E-state index in [1.165, 1.54) is 19.3 Å². The number of hydrogen-bond donors (Lipinski definition) is 0. The first-order chi connectivity index (χ1) is 15.3. The summed E-state index contributed by atoms with van der Waals surface area (Å²) in [6.45, 7) is 5.03. The number of piperidine rings is 1. The van der Waals surface area contributed by atoms with E-state index < -0.39 is 0 Å². The lowest BCUT2D eigenvalue weighted by atomic mass is 10.1. The molecule has 0 atom stereocenters. The Morgan fingerprint density at radius 3 is 2.19 bits per heavy atom. The summed E-state index contributed by atoms with van der Waals surface area (Å²) in [4.78, 5) is 28.8. The minimum absolute atomic E-state index is 0.0930. The first-order valence-electron chi connectivity index (χ1n) is 11.1. The molecule has 31 heavy (non-hydrogen) atoms. The topological polar surface area (TPSA) is 57.5 Å². The van der Waals surface area contributed by atoms with Gasteiger partial charge in [0.05, 0.1) is 0 Å². The second kappa shape index (κ2) is 8.79. The summed E-state index contributed by atoms with van der Waals surface area (Å²) in [6.07, 6.45) is 9.57.